The summed E-state index contributed by atoms with van der Waals surface area (Å²) in [6.07, 6.45) is -5.19. The van der Waals surface area contributed by atoms with E-state index >= 15 is 0 Å². The van der Waals surface area contributed by atoms with Crippen LogP contribution in [-0.2, 0) is 13.8 Å². The van der Waals surface area contributed by atoms with Gasteiger partial charge in [-0.2, -0.15) is 13.2 Å². The van der Waals surface area contributed by atoms with E-state index in [1.165, 1.54) is 0 Å². The average Bonchev–Trinajstić information content (AvgIpc) is 2.28. The topological polar surface area (TPSA) is 83.5 Å². The molecule has 1 aromatic carbocycles. The number of hydrogen-bond donors (Lipinski definition) is 2. The molecule has 2 N–H and O–H groups in total. The zero-order valence-corrected chi connectivity index (χ0v) is 12.5. The van der Waals surface area contributed by atoms with Crippen molar-refractivity contribution in [2.75, 3.05) is 5.32 Å². The molecule has 5 nitrogen and oxygen atoms in total. The molecule has 0 bridgehead atoms. The van der Waals surface area contributed by atoms with E-state index in [1.807, 2.05) is 0 Å². The number of benzene rings is 1. The van der Waals surface area contributed by atoms with E-state index in [4.69, 9.17) is 27.4 Å². The molecule has 0 spiro atoms. The van der Waals surface area contributed by atoms with Crippen LogP contribution in [0.1, 0.15) is 6.92 Å². The lowest BCUT2D eigenvalue weighted by Crippen LogP contribution is -2.52. The van der Waals surface area contributed by atoms with Gasteiger partial charge in [0.2, 0.25) is 5.60 Å². The number of aliphatic hydroxyl groups is 1. The maximum Gasteiger partial charge on any atom is 0.426 e. The smallest absolute Gasteiger partial charge is 0.373 e. The van der Waals surface area contributed by atoms with Crippen LogP contribution < -0.4 is 5.32 Å². The Balaban J connectivity index is 3.08. The molecule has 0 aromatic heterocycles. The van der Waals surface area contributed by atoms with Crippen molar-refractivity contribution in [1.82, 2.24) is 0 Å². The minimum absolute atomic E-state index is 0.272. The van der Waals surface area contributed by atoms with Crippen molar-refractivity contribution in [2.45, 2.75) is 23.6 Å². The quantitative estimate of drug-likeness (QED) is 0.806. The number of rotatable bonds is 3. The fourth-order valence-electron chi connectivity index (χ4n) is 1.12. The van der Waals surface area contributed by atoms with Crippen molar-refractivity contribution >= 4 is 42.9 Å². The lowest BCUT2D eigenvalue weighted by Gasteiger charge is -2.25. The largest absolute Gasteiger partial charge is 0.426 e. The predicted octanol–water partition coefficient (Wildman–Crippen LogP) is 2.52. The fraction of sp³-hybridized carbons (Fsp3) is 0.300. The number of nitrogens with one attached hydrogen (secondary N) is 1. The second-order valence-electron chi connectivity index (χ2n) is 4.10. The molecule has 11 heteroatoms. The Hall–Kier alpha value is -1.03. The molecule has 0 unspecified atom stereocenters. The van der Waals surface area contributed by atoms with Crippen molar-refractivity contribution < 1.29 is 31.5 Å². The Bertz CT molecular complexity index is 673. The monoisotopic (exact) mass is 365 g/mol. The van der Waals surface area contributed by atoms with Crippen LogP contribution in [0, 0.1) is 0 Å². The third kappa shape index (κ3) is 4.00. The number of amides is 1. The third-order valence-electron chi connectivity index (χ3n) is 2.46. The SMILES string of the molecule is C[C@@](O)(C(=O)Nc1ccc(S(=O)(=O)Cl)cc1Cl)C(F)(F)F. The number of halogens is 5. The molecule has 21 heavy (non-hydrogen) atoms. The van der Waals surface area contributed by atoms with Crippen LogP contribution in [0.4, 0.5) is 18.9 Å². The second-order valence-corrected chi connectivity index (χ2v) is 7.08. The molecule has 0 saturated heterocycles. The Morgan fingerprint density at radius 3 is 2.24 bits per heavy atom. The summed E-state index contributed by atoms with van der Waals surface area (Å²) >= 11 is 5.64. The van der Waals surface area contributed by atoms with Gasteiger partial charge in [-0.05, 0) is 25.1 Å². The molecule has 0 fully saturated rings. The summed E-state index contributed by atoms with van der Waals surface area (Å²) in [6.45, 7) is 0.272. The molecule has 0 saturated carbocycles. The van der Waals surface area contributed by atoms with E-state index in [0.717, 1.165) is 18.2 Å². The maximum atomic E-state index is 12.5. The molecule has 1 aromatic rings. The summed E-state index contributed by atoms with van der Waals surface area (Å²) in [5, 5.41) is 10.6. The Kier molecular flexibility index (Phi) is 4.84. The van der Waals surface area contributed by atoms with Gasteiger partial charge in [-0.15, -0.1) is 0 Å². The summed E-state index contributed by atoms with van der Waals surface area (Å²) in [5.74, 6) is -1.77. The van der Waals surface area contributed by atoms with Crippen molar-refractivity contribution in [3.8, 4) is 0 Å². The number of carbonyl (C=O) groups is 1. The van der Waals surface area contributed by atoms with E-state index in [1.54, 1.807) is 5.32 Å². The Morgan fingerprint density at radius 2 is 1.86 bits per heavy atom. The summed E-state index contributed by atoms with van der Waals surface area (Å²) in [7, 11) is 0.982. The highest BCUT2D eigenvalue weighted by molar-refractivity contribution is 8.13. The molecule has 0 aliphatic rings. The molecule has 1 rings (SSSR count). The van der Waals surface area contributed by atoms with Crippen LogP contribution in [-0.4, -0.2) is 31.2 Å². The molecule has 0 aliphatic carbocycles. The van der Waals surface area contributed by atoms with E-state index < -0.39 is 31.6 Å². The molecule has 0 radical (unpaired) electrons. The van der Waals surface area contributed by atoms with Crippen LogP contribution >= 0.6 is 22.3 Å². The van der Waals surface area contributed by atoms with Crippen LogP contribution in [0.5, 0.6) is 0 Å². The van der Waals surface area contributed by atoms with Crippen molar-refractivity contribution in [1.29, 1.82) is 0 Å². The van der Waals surface area contributed by atoms with Crippen molar-refractivity contribution in [3.63, 3.8) is 0 Å². The van der Waals surface area contributed by atoms with Gasteiger partial charge >= 0.3 is 6.18 Å². The van der Waals surface area contributed by atoms with Gasteiger partial charge in [0.15, 0.2) is 0 Å². The van der Waals surface area contributed by atoms with E-state index in [9.17, 15) is 26.4 Å². The zero-order chi connectivity index (χ0) is 16.6. The first-order valence-corrected chi connectivity index (χ1v) is 7.80. The van der Waals surface area contributed by atoms with E-state index in [-0.39, 0.29) is 17.6 Å². The van der Waals surface area contributed by atoms with Gasteiger partial charge < -0.3 is 10.4 Å². The number of alkyl halides is 3. The summed E-state index contributed by atoms with van der Waals surface area (Å²) in [6, 6.07) is 2.73. The van der Waals surface area contributed by atoms with Gasteiger partial charge in [0.25, 0.3) is 15.0 Å². The molecular formula is C10H8Cl2F3NO4S. The molecule has 1 atom stereocenters. The van der Waals surface area contributed by atoms with E-state index in [2.05, 4.69) is 0 Å². The van der Waals surface area contributed by atoms with Gasteiger partial charge in [-0.3, -0.25) is 4.79 Å². The number of carbonyl (C=O) groups excluding carboxylic acids is 1. The predicted molar refractivity (Wildman–Crippen MR) is 69.8 cm³/mol. The normalized spacial score (nSPS) is 15.4. The summed E-state index contributed by atoms with van der Waals surface area (Å²) < 4.78 is 59.5. The molecule has 0 heterocycles. The lowest BCUT2D eigenvalue weighted by molar-refractivity contribution is -0.242. The Morgan fingerprint density at radius 1 is 1.33 bits per heavy atom. The first-order chi connectivity index (χ1) is 9.26. The van der Waals surface area contributed by atoms with Crippen molar-refractivity contribution in [3.05, 3.63) is 23.2 Å². The number of anilines is 1. The van der Waals surface area contributed by atoms with Crippen LogP contribution in [0.25, 0.3) is 0 Å². The van der Waals surface area contributed by atoms with Gasteiger partial charge in [0.05, 0.1) is 15.6 Å². The highest BCUT2D eigenvalue weighted by atomic mass is 35.7. The van der Waals surface area contributed by atoms with Crippen LogP contribution in [0.2, 0.25) is 5.02 Å². The van der Waals surface area contributed by atoms with Crippen LogP contribution in [0.15, 0.2) is 23.1 Å². The molecule has 1 amide bonds. The summed E-state index contributed by atoms with van der Waals surface area (Å²) in [4.78, 5) is 11.0. The highest BCUT2D eigenvalue weighted by Gasteiger charge is 2.55. The molecule has 118 valence electrons. The fourth-order valence-corrected chi connectivity index (χ4v) is 2.19. The standard InChI is InChI=1S/C10H8Cl2F3NO4S/c1-9(18,10(13,14)15)8(17)16-7-3-2-5(4-6(7)11)21(12,19)20/h2-4,18H,1H3,(H,16,17)/t9-/m1/s1. The van der Waals surface area contributed by atoms with Gasteiger partial charge in [-0.1, -0.05) is 11.6 Å². The first-order valence-electron chi connectivity index (χ1n) is 5.11. The Labute approximate surface area is 127 Å². The first kappa shape index (κ1) is 18.0. The van der Waals surface area contributed by atoms with Gasteiger partial charge in [0.1, 0.15) is 0 Å². The average molecular weight is 366 g/mol. The van der Waals surface area contributed by atoms with Gasteiger partial charge in [-0.25, -0.2) is 8.42 Å². The van der Waals surface area contributed by atoms with Crippen molar-refractivity contribution in [2.24, 2.45) is 0 Å². The molecular weight excluding hydrogens is 358 g/mol. The minimum Gasteiger partial charge on any atom is -0.373 e. The molecule has 0 aliphatic heterocycles. The van der Waals surface area contributed by atoms with Gasteiger partial charge in [0, 0.05) is 10.7 Å². The number of hydrogen-bond acceptors (Lipinski definition) is 4. The third-order valence-corrected chi connectivity index (χ3v) is 4.13. The van der Waals surface area contributed by atoms with E-state index in [0.29, 0.717) is 0 Å². The minimum atomic E-state index is -5.19. The zero-order valence-electron chi connectivity index (χ0n) is 10.2. The van der Waals surface area contributed by atoms with Crippen LogP contribution in [0.3, 0.4) is 0 Å². The lowest BCUT2D eigenvalue weighted by atomic mass is 10.1. The summed E-state index contributed by atoms with van der Waals surface area (Å²) in [5.41, 5.74) is -3.94. The maximum absolute atomic E-state index is 12.5. The second kappa shape index (κ2) is 5.64. The highest BCUT2D eigenvalue weighted by Crippen LogP contribution is 2.33.